The number of hydrogen-bond donors (Lipinski definition) is 0. The Bertz CT molecular complexity index is 803. The largest absolute Gasteiger partial charge is 0.416 e. The highest BCUT2D eigenvalue weighted by atomic mass is 19.4. The Morgan fingerprint density at radius 2 is 1.62 bits per heavy atom. The molecule has 1 nitrogen and oxygen atoms in total. The van der Waals surface area contributed by atoms with Crippen molar-refractivity contribution in [1.82, 2.24) is 4.90 Å². The van der Waals surface area contributed by atoms with Crippen LogP contribution in [0.1, 0.15) is 69.5 Å². The van der Waals surface area contributed by atoms with Crippen molar-refractivity contribution >= 4 is 0 Å². The van der Waals surface area contributed by atoms with Gasteiger partial charge in [0.15, 0.2) is 0 Å². The summed E-state index contributed by atoms with van der Waals surface area (Å²) in [6.45, 7) is 5.03. The standard InChI is InChI=1S/C25H31F6N/c1-17(2)6-15-23(19-9-13-21(14-10-19)25(29,30)31)32-16-4-3-5-22(32)18-7-11-20(12-8-18)24(26,27)28/h7,9-14,17-18,22-23H,3-6,8,15-16H2,1-2H3/t18?,22-,23-/m1/s1. The van der Waals surface area contributed by atoms with Crippen LogP contribution in [0.4, 0.5) is 26.3 Å². The maximum absolute atomic E-state index is 13.0. The van der Waals surface area contributed by atoms with E-state index in [1.54, 1.807) is 18.2 Å². The molecule has 0 saturated carbocycles. The zero-order valence-corrected chi connectivity index (χ0v) is 18.5. The van der Waals surface area contributed by atoms with E-state index in [-0.39, 0.29) is 18.0 Å². The molecule has 0 radical (unpaired) electrons. The van der Waals surface area contributed by atoms with Gasteiger partial charge >= 0.3 is 12.4 Å². The summed E-state index contributed by atoms with van der Waals surface area (Å²) in [5.74, 6) is 0.416. The molecule has 0 N–H and O–H groups in total. The van der Waals surface area contributed by atoms with E-state index in [1.165, 1.54) is 12.2 Å². The fraction of sp³-hybridized carbons (Fsp3) is 0.600. The minimum Gasteiger partial charge on any atom is -0.293 e. The van der Waals surface area contributed by atoms with Gasteiger partial charge in [0.05, 0.1) is 11.1 Å². The third-order valence-corrected chi connectivity index (χ3v) is 6.59. The summed E-state index contributed by atoms with van der Waals surface area (Å²) in [6.07, 6.45) is 0.342. The topological polar surface area (TPSA) is 3.24 Å². The van der Waals surface area contributed by atoms with Crippen molar-refractivity contribution in [1.29, 1.82) is 0 Å². The molecule has 1 aromatic carbocycles. The van der Waals surface area contributed by atoms with Crippen molar-refractivity contribution < 1.29 is 26.3 Å². The maximum atomic E-state index is 13.0. The number of nitrogens with zero attached hydrogens (tertiary/aromatic N) is 1. The number of hydrogen-bond acceptors (Lipinski definition) is 1. The average molecular weight is 460 g/mol. The van der Waals surface area contributed by atoms with Crippen LogP contribution in [0.25, 0.3) is 0 Å². The van der Waals surface area contributed by atoms with E-state index in [2.05, 4.69) is 18.7 Å². The number of likely N-dealkylation sites (tertiary alicyclic amines) is 1. The third-order valence-electron chi connectivity index (χ3n) is 6.59. The summed E-state index contributed by atoms with van der Waals surface area (Å²) < 4.78 is 78.2. The first-order valence-electron chi connectivity index (χ1n) is 11.3. The SMILES string of the molecule is CC(C)CC[C@H](c1ccc(C(F)(F)F)cc1)N1CCCC[C@@H]1C1C=CC(C(F)(F)F)=CC1. The van der Waals surface area contributed by atoms with Crippen molar-refractivity contribution in [2.75, 3.05) is 6.54 Å². The third kappa shape index (κ3) is 6.18. The Balaban J connectivity index is 1.85. The second-order valence-electron chi connectivity index (χ2n) is 9.32. The van der Waals surface area contributed by atoms with Crippen LogP contribution in [0.3, 0.4) is 0 Å². The van der Waals surface area contributed by atoms with Crippen LogP contribution >= 0.6 is 0 Å². The van der Waals surface area contributed by atoms with Gasteiger partial charge in [-0.25, -0.2) is 0 Å². The number of rotatable bonds is 6. The number of piperidine rings is 1. The average Bonchev–Trinajstić information content (AvgIpc) is 2.73. The fourth-order valence-electron chi connectivity index (χ4n) is 4.87. The Kier molecular flexibility index (Phi) is 7.79. The van der Waals surface area contributed by atoms with Crippen LogP contribution in [0.2, 0.25) is 0 Å². The lowest BCUT2D eigenvalue weighted by molar-refractivity contribution is -0.137. The molecule has 0 amide bonds. The predicted octanol–water partition coefficient (Wildman–Crippen LogP) is 8.10. The lowest BCUT2D eigenvalue weighted by atomic mass is 9.82. The number of allylic oxidation sites excluding steroid dienone is 3. The van der Waals surface area contributed by atoms with Gasteiger partial charge in [-0.05, 0) is 68.2 Å². The number of halogens is 6. The predicted molar refractivity (Wildman–Crippen MR) is 114 cm³/mol. The first-order chi connectivity index (χ1) is 15.0. The molecule has 1 aromatic rings. The van der Waals surface area contributed by atoms with E-state index < -0.39 is 23.5 Å². The van der Waals surface area contributed by atoms with Gasteiger partial charge in [-0.3, -0.25) is 4.90 Å². The Morgan fingerprint density at radius 3 is 2.16 bits per heavy atom. The van der Waals surface area contributed by atoms with Crippen LogP contribution in [-0.2, 0) is 6.18 Å². The summed E-state index contributed by atoms with van der Waals surface area (Å²) in [5.41, 5.74) is -0.425. The van der Waals surface area contributed by atoms with E-state index in [4.69, 9.17) is 0 Å². The van der Waals surface area contributed by atoms with Crippen LogP contribution in [0.5, 0.6) is 0 Å². The number of benzene rings is 1. The van der Waals surface area contributed by atoms with Crippen LogP contribution in [0.15, 0.2) is 48.1 Å². The zero-order chi connectivity index (χ0) is 23.5. The Labute approximate surface area is 186 Å². The van der Waals surface area contributed by atoms with Crippen LogP contribution in [-0.4, -0.2) is 23.7 Å². The van der Waals surface area contributed by atoms with Crippen LogP contribution < -0.4 is 0 Å². The molecule has 7 heteroatoms. The van der Waals surface area contributed by atoms with Crippen molar-refractivity contribution in [2.45, 2.75) is 76.8 Å². The number of alkyl halides is 6. The molecule has 3 atom stereocenters. The molecule has 1 fully saturated rings. The molecule has 1 aliphatic carbocycles. The minimum absolute atomic E-state index is 0.0302. The summed E-state index contributed by atoms with van der Waals surface area (Å²) in [7, 11) is 0. The van der Waals surface area contributed by atoms with Gasteiger partial charge in [-0.15, -0.1) is 0 Å². The first kappa shape index (κ1) is 24.9. The summed E-state index contributed by atoms with van der Waals surface area (Å²) in [4.78, 5) is 2.34. The molecule has 0 bridgehead atoms. The fourth-order valence-corrected chi connectivity index (χ4v) is 4.87. The monoisotopic (exact) mass is 459 g/mol. The molecule has 32 heavy (non-hydrogen) atoms. The second kappa shape index (κ2) is 10.0. The molecule has 178 valence electrons. The molecule has 2 aliphatic rings. The normalized spacial score (nSPS) is 24.0. The highest BCUT2D eigenvalue weighted by Gasteiger charge is 2.38. The molecule has 1 saturated heterocycles. The van der Waals surface area contributed by atoms with E-state index in [0.717, 1.165) is 56.3 Å². The second-order valence-corrected chi connectivity index (χ2v) is 9.32. The van der Waals surface area contributed by atoms with Crippen molar-refractivity contribution in [3.8, 4) is 0 Å². The van der Waals surface area contributed by atoms with Gasteiger partial charge in [0.25, 0.3) is 0 Å². The van der Waals surface area contributed by atoms with Gasteiger partial charge < -0.3 is 0 Å². The highest BCUT2D eigenvalue weighted by molar-refractivity contribution is 5.30. The molecule has 3 rings (SSSR count). The molecule has 0 spiro atoms. The molecular weight excluding hydrogens is 428 g/mol. The highest BCUT2D eigenvalue weighted by Crippen LogP contribution is 2.40. The first-order valence-corrected chi connectivity index (χ1v) is 11.3. The minimum atomic E-state index is -4.38. The van der Waals surface area contributed by atoms with E-state index in [1.807, 2.05) is 0 Å². The van der Waals surface area contributed by atoms with Crippen molar-refractivity contribution in [3.63, 3.8) is 0 Å². The quantitative estimate of drug-likeness (QED) is 0.389. The lowest BCUT2D eigenvalue weighted by Gasteiger charge is -2.45. The van der Waals surface area contributed by atoms with Gasteiger partial charge in [-0.2, -0.15) is 26.3 Å². The molecule has 0 aromatic heterocycles. The Morgan fingerprint density at radius 1 is 0.938 bits per heavy atom. The van der Waals surface area contributed by atoms with Gasteiger partial charge in [0.2, 0.25) is 0 Å². The van der Waals surface area contributed by atoms with Crippen molar-refractivity contribution in [2.24, 2.45) is 11.8 Å². The van der Waals surface area contributed by atoms with Gasteiger partial charge in [-0.1, -0.05) is 50.6 Å². The van der Waals surface area contributed by atoms with Gasteiger partial charge in [0.1, 0.15) is 0 Å². The summed E-state index contributed by atoms with van der Waals surface area (Å²) in [6, 6.07) is 5.43. The summed E-state index contributed by atoms with van der Waals surface area (Å²) in [5, 5.41) is 0. The van der Waals surface area contributed by atoms with E-state index in [9.17, 15) is 26.3 Å². The molecular formula is C25H31F6N. The zero-order valence-electron chi connectivity index (χ0n) is 18.5. The molecule has 1 heterocycles. The van der Waals surface area contributed by atoms with Gasteiger partial charge in [0, 0.05) is 12.1 Å². The summed E-state index contributed by atoms with van der Waals surface area (Å²) >= 11 is 0. The maximum Gasteiger partial charge on any atom is 0.416 e. The van der Waals surface area contributed by atoms with Crippen LogP contribution in [0, 0.1) is 11.8 Å². The van der Waals surface area contributed by atoms with E-state index in [0.29, 0.717) is 12.3 Å². The molecule has 1 aliphatic heterocycles. The smallest absolute Gasteiger partial charge is 0.293 e. The van der Waals surface area contributed by atoms with E-state index >= 15 is 0 Å². The van der Waals surface area contributed by atoms with Crippen molar-refractivity contribution in [3.05, 3.63) is 59.2 Å². The molecule has 1 unspecified atom stereocenters. The lowest BCUT2D eigenvalue weighted by Crippen LogP contribution is -2.46. The Hall–Kier alpha value is -1.76.